The molecule has 0 bridgehead atoms. The molecule has 1 fully saturated rings. The van der Waals surface area contributed by atoms with Gasteiger partial charge in [-0.15, -0.1) is 10.2 Å². The lowest BCUT2D eigenvalue weighted by molar-refractivity contribution is 0.0934. The van der Waals surface area contributed by atoms with Crippen molar-refractivity contribution in [1.29, 1.82) is 0 Å². The lowest BCUT2D eigenvalue weighted by atomic mass is 9.99. The number of piperidine rings is 1. The number of rotatable bonds is 4. The smallest absolute Gasteiger partial charge is 0.292 e. The summed E-state index contributed by atoms with van der Waals surface area (Å²) in [7, 11) is 0. The molecule has 0 aliphatic carbocycles. The maximum atomic E-state index is 11.5. The van der Waals surface area contributed by atoms with Gasteiger partial charge in [0.25, 0.3) is 11.7 Å². The monoisotopic (exact) mass is 238 g/mol. The molecule has 7 heteroatoms. The number of carbonyl (C=O) groups excluding carboxylic acids is 1. The normalized spacial score (nSPS) is 18.2. The first-order valence-corrected chi connectivity index (χ1v) is 5.99. The van der Waals surface area contributed by atoms with E-state index in [-0.39, 0.29) is 11.7 Å². The van der Waals surface area contributed by atoms with Gasteiger partial charge in [0, 0.05) is 13.1 Å². The van der Waals surface area contributed by atoms with Gasteiger partial charge in [-0.2, -0.15) is 5.21 Å². The minimum absolute atomic E-state index is 0.0947. The highest BCUT2D eigenvalue weighted by Crippen LogP contribution is 2.14. The number of tetrazole rings is 1. The molecule has 1 aromatic heterocycles. The summed E-state index contributed by atoms with van der Waals surface area (Å²) in [5.74, 6) is 0.654. The first-order chi connectivity index (χ1) is 8.25. The molecule has 0 saturated carbocycles. The molecule has 2 N–H and O–H groups in total. The standard InChI is InChI=1S/C10H18N6O/c1-8-2-5-16(6-3-8)7-4-11-10(17)9-12-14-15-13-9/h8H,2-7H2,1H3,(H,11,17)(H,12,13,14,15). The third kappa shape index (κ3) is 3.48. The lowest BCUT2D eigenvalue weighted by Gasteiger charge is -2.29. The van der Waals surface area contributed by atoms with Crippen LogP contribution in [0.2, 0.25) is 0 Å². The average molecular weight is 238 g/mol. The Hall–Kier alpha value is -1.50. The predicted octanol–water partition coefficient (Wildman–Crippen LogP) is -0.339. The molecule has 0 unspecified atom stereocenters. The van der Waals surface area contributed by atoms with Crippen LogP contribution in [0.4, 0.5) is 0 Å². The Labute approximate surface area is 100.0 Å². The zero-order chi connectivity index (χ0) is 12.1. The molecule has 2 rings (SSSR count). The van der Waals surface area contributed by atoms with Crippen molar-refractivity contribution in [2.75, 3.05) is 26.2 Å². The van der Waals surface area contributed by atoms with Crippen LogP contribution in [0.5, 0.6) is 0 Å². The van der Waals surface area contributed by atoms with Crippen molar-refractivity contribution in [1.82, 2.24) is 30.8 Å². The number of amides is 1. The van der Waals surface area contributed by atoms with Gasteiger partial charge in [-0.1, -0.05) is 6.92 Å². The Morgan fingerprint density at radius 2 is 2.29 bits per heavy atom. The molecular formula is C10H18N6O. The minimum atomic E-state index is -0.274. The van der Waals surface area contributed by atoms with E-state index in [2.05, 4.69) is 37.8 Å². The molecule has 1 aliphatic heterocycles. The molecule has 0 aromatic carbocycles. The molecule has 1 aromatic rings. The van der Waals surface area contributed by atoms with E-state index in [0.29, 0.717) is 6.54 Å². The van der Waals surface area contributed by atoms with Crippen molar-refractivity contribution < 1.29 is 4.79 Å². The highest BCUT2D eigenvalue weighted by molar-refractivity contribution is 5.89. The van der Waals surface area contributed by atoms with Gasteiger partial charge in [-0.05, 0) is 37.1 Å². The van der Waals surface area contributed by atoms with Gasteiger partial charge >= 0.3 is 0 Å². The topological polar surface area (TPSA) is 86.8 Å². The van der Waals surface area contributed by atoms with Gasteiger partial charge in [0.15, 0.2) is 0 Å². The van der Waals surface area contributed by atoms with Crippen LogP contribution in [-0.2, 0) is 0 Å². The second kappa shape index (κ2) is 5.72. The molecule has 1 aliphatic rings. The Bertz CT molecular complexity index is 344. The van der Waals surface area contributed by atoms with Gasteiger partial charge < -0.3 is 10.2 Å². The van der Waals surface area contributed by atoms with E-state index in [4.69, 9.17) is 0 Å². The number of aromatic nitrogens is 4. The number of aromatic amines is 1. The summed E-state index contributed by atoms with van der Waals surface area (Å²) in [6.45, 7) is 6.05. The van der Waals surface area contributed by atoms with Crippen molar-refractivity contribution >= 4 is 5.91 Å². The van der Waals surface area contributed by atoms with E-state index in [1.165, 1.54) is 12.8 Å². The molecule has 0 radical (unpaired) electrons. The summed E-state index contributed by atoms with van der Waals surface area (Å²) in [6, 6.07) is 0. The van der Waals surface area contributed by atoms with E-state index >= 15 is 0 Å². The van der Waals surface area contributed by atoms with Crippen LogP contribution in [0.15, 0.2) is 0 Å². The average Bonchev–Trinajstić information content (AvgIpc) is 2.85. The van der Waals surface area contributed by atoms with Gasteiger partial charge in [0.05, 0.1) is 0 Å². The summed E-state index contributed by atoms with van der Waals surface area (Å²) in [5.41, 5.74) is 0. The highest BCUT2D eigenvalue weighted by atomic mass is 16.2. The fourth-order valence-corrected chi connectivity index (χ4v) is 1.95. The Kier molecular flexibility index (Phi) is 4.03. The van der Waals surface area contributed by atoms with Crippen molar-refractivity contribution in [2.24, 2.45) is 5.92 Å². The maximum Gasteiger partial charge on any atom is 0.292 e. The van der Waals surface area contributed by atoms with Crippen LogP contribution < -0.4 is 5.32 Å². The van der Waals surface area contributed by atoms with Gasteiger partial charge in [0.2, 0.25) is 0 Å². The summed E-state index contributed by atoms with van der Waals surface area (Å²) < 4.78 is 0. The van der Waals surface area contributed by atoms with Crippen LogP contribution in [-0.4, -0.2) is 57.6 Å². The van der Waals surface area contributed by atoms with E-state index in [1.54, 1.807) is 0 Å². The molecule has 0 atom stereocenters. The zero-order valence-corrected chi connectivity index (χ0v) is 10.0. The second-order valence-electron chi connectivity index (χ2n) is 4.52. The fourth-order valence-electron chi connectivity index (χ4n) is 1.95. The van der Waals surface area contributed by atoms with Crippen molar-refractivity contribution in [2.45, 2.75) is 19.8 Å². The number of carbonyl (C=O) groups is 1. The number of nitrogens with one attached hydrogen (secondary N) is 2. The van der Waals surface area contributed by atoms with Crippen LogP contribution in [0.1, 0.15) is 30.4 Å². The number of hydrogen-bond donors (Lipinski definition) is 2. The predicted molar refractivity (Wildman–Crippen MR) is 61.3 cm³/mol. The van der Waals surface area contributed by atoms with E-state index in [9.17, 15) is 4.79 Å². The highest BCUT2D eigenvalue weighted by Gasteiger charge is 2.16. The van der Waals surface area contributed by atoms with Crippen molar-refractivity contribution in [3.8, 4) is 0 Å². The Balaban J connectivity index is 1.64. The Morgan fingerprint density at radius 1 is 1.53 bits per heavy atom. The van der Waals surface area contributed by atoms with Gasteiger partial charge in [-0.25, -0.2) is 0 Å². The summed E-state index contributed by atoms with van der Waals surface area (Å²) in [5, 5.41) is 15.6. The summed E-state index contributed by atoms with van der Waals surface area (Å²) >= 11 is 0. The fraction of sp³-hybridized carbons (Fsp3) is 0.800. The van der Waals surface area contributed by atoms with Crippen LogP contribution in [0.25, 0.3) is 0 Å². The zero-order valence-electron chi connectivity index (χ0n) is 10.0. The molecule has 17 heavy (non-hydrogen) atoms. The van der Waals surface area contributed by atoms with Crippen LogP contribution >= 0.6 is 0 Å². The molecule has 1 saturated heterocycles. The number of hydrogen-bond acceptors (Lipinski definition) is 5. The molecule has 2 heterocycles. The van der Waals surface area contributed by atoms with E-state index in [0.717, 1.165) is 25.6 Å². The van der Waals surface area contributed by atoms with Crippen molar-refractivity contribution in [3.05, 3.63) is 5.82 Å². The largest absolute Gasteiger partial charge is 0.348 e. The second-order valence-corrected chi connectivity index (χ2v) is 4.52. The van der Waals surface area contributed by atoms with E-state index in [1.807, 2.05) is 0 Å². The van der Waals surface area contributed by atoms with E-state index < -0.39 is 0 Å². The summed E-state index contributed by atoms with van der Waals surface area (Å²) in [6.07, 6.45) is 2.50. The van der Waals surface area contributed by atoms with Crippen LogP contribution in [0.3, 0.4) is 0 Å². The molecule has 1 amide bonds. The number of H-pyrrole nitrogens is 1. The van der Waals surface area contributed by atoms with Crippen LogP contribution in [0, 0.1) is 5.92 Å². The third-order valence-corrected chi connectivity index (χ3v) is 3.14. The molecular weight excluding hydrogens is 220 g/mol. The third-order valence-electron chi connectivity index (χ3n) is 3.14. The number of likely N-dealkylation sites (tertiary alicyclic amines) is 1. The molecule has 94 valence electrons. The Morgan fingerprint density at radius 3 is 2.94 bits per heavy atom. The van der Waals surface area contributed by atoms with Gasteiger partial charge in [0.1, 0.15) is 0 Å². The lowest BCUT2D eigenvalue weighted by Crippen LogP contribution is -2.39. The minimum Gasteiger partial charge on any atom is -0.348 e. The maximum absolute atomic E-state index is 11.5. The molecule has 0 spiro atoms. The SMILES string of the molecule is CC1CCN(CCNC(=O)c2nn[nH]n2)CC1. The van der Waals surface area contributed by atoms with Crippen molar-refractivity contribution in [3.63, 3.8) is 0 Å². The first-order valence-electron chi connectivity index (χ1n) is 5.99. The quantitative estimate of drug-likeness (QED) is 0.749. The van der Waals surface area contributed by atoms with Gasteiger partial charge in [-0.3, -0.25) is 4.79 Å². The molecule has 7 nitrogen and oxygen atoms in total. The number of nitrogens with zero attached hydrogens (tertiary/aromatic N) is 4. The first kappa shape index (κ1) is 12.0. The summed E-state index contributed by atoms with van der Waals surface area (Å²) in [4.78, 5) is 13.9.